The maximum atomic E-state index is 12.4. The predicted molar refractivity (Wildman–Crippen MR) is 63.1 cm³/mol. The number of carboxylic acids is 1. The summed E-state index contributed by atoms with van der Waals surface area (Å²) in [7, 11) is 0. The summed E-state index contributed by atoms with van der Waals surface area (Å²) >= 11 is 0. The molecule has 18 heavy (non-hydrogen) atoms. The minimum atomic E-state index is -2.57. The average molecular weight is 260 g/mol. The summed E-state index contributed by atoms with van der Waals surface area (Å²) in [6.07, 6.45) is -2.57. The molecule has 5 nitrogen and oxygen atoms in total. The summed E-state index contributed by atoms with van der Waals surface area (Å²) in [5.41, 5.74) is 5.99. The number of nitrogens with two attached hydrogens (primary N) is 1. The van der Waals surface area contributed by atoms with E-state index in [1.165, 1.54) is 23.1 Å². The minimum absolute atomic E-state index is 0.000950. The molecular formula is C11H14F2N2O3. The van der Waals surface area contributed by atoms with E-state index in [-0.39, 0.29) is 30.1 Å². The van der Waals surface area contributed by atoms with Crippen LogP contribution in [0.2, 0.25) is 0 Å². The first-order valence-electron chi connectivity index (χ1n) is 5.22. The van der Waals surface area contributed by atoms with Crippen LogP contribution in [0.5, 0.6) is 0 Å². The van der Waals surface area contributed by atoms with E-state index < -0.39 is 18.9 Å². The molecule has 0 atom stereocenters. The third-order valence-electron chi connectivity index (χ3n) is 2.34. The Bertz CT molecular complexity index is 427. The van der Waals surface area contributed by atoms with E-state index >= 15 is 0 Å². The Morgan fingerprint density at radius 2 is 2.11 bits per heavy atom. The van der Waals surface area contributed by atoms with Crippen molar-refractivity contribution in [2.45, 2.75) is 6.43 Å². The molecule has 0 fully saturated rings. The van der Waals surface area contributed by atoms with E-state index in [4.69, 9.17) is 15.9 Å². The van der Waals surface area contributed by atoms with Crippen molar-refractivity contribution in [1.29, 1.82) is 0 Å². The molecule has 100 valence electrons. The van der Waals surface area contributed by atoms with Gasteiger partial charge in [0.05, 0.1) is 30.1 Å². The van der Waals surface area contributed by atoms with E-state index in [1.807, 2.05) is 0 Å². The van der Waals surface area contributed by atoms with Gasteiger partial charge in [0.2, 0.25) is 0 Å². The summed E-state index contributed by atoms with van der Waals surface area (Å²) in [4.78, 5) is 11.9. The molecule has 1 rings (SSSR count). The zero-order chi connectivity index (χ0) is 13.7. The maximum Gasteiger partial charge on any atom is 0.335 e. The fraction of sp³-hybridized carbons (Fsp3) is 0.364. The molecular weight excluding hydrogens is 246 g/mol. The first kappa shape index (κ1) is 14.2. The van der Waals surface area contributed by atoms with Crippen molar-refractivity contribution in [3.8, 4) is 0 Å². The van der Waals surface area contributed by atoms with Gasteiger partial charge in [-0.15, -0.1) is 0 Å². The standard InChI is InChI=1S/C11H14F2N2O3/c12-10(13)6-15(3-4-16)9-2-1-7(11(17)18)5-8(9)14/h1-2,5,10,16H,3-4,6,14H2,(H,17,18). The van der Waals surface area contributed by atoms with Gasteiger partial charge in [0, 0.05) is 6.54 Å². The van der Waals surface area contributed by atoms with E-state index in [0.29, 0.717) is 0 Å². The summed E-state index contributed by atoms with van der Waals surface area (Å²) in [5.74, 6) is -1.14. The van der Waals surface area contributed by atoms with Gasteiger partial charge in [-0.05, 0) is 18.2 Å². The molecule has 1 aromatic rings. The first-order valence-corrected chi connectivity index (χ1v) is 5.22. The Morgan fingerprint density at radius 3 is 2.56 bits per heavy atom. The normalized spacial score (nSPS) is 10.7. The molecule has 0 spiro atoms. The number of alkyl halides is 2. The Balaban J connectivity index is 3.01. The molecule has 0 saturated heterocycles. The highest BCUT2D eigenvalue weighted by Crippen LogP contribution is 2.25. The Hall–Kier alpha value is -1.89. The van der Waals surface area contributed by atoms with Crippen LogP contribution in [-0.2, 0) is 0 Å². The lowest BCUT2D eigenvalue weighted by molar-refractivity contribution is 0.0697. The number of carbonyl (C=O) groups is 1. The van der Waals surface area contributed by atoms with Gasteiger partial charge in [0.25, 0.3) is 6.43 Å². The first-order chi connectivity index (χ1) is 8.45. The van der Waals surface area contributed by atoms with Crippen molar-refractivity contribution in [1.82, 2.24) is 0 Å². The van der Waals surface area contributed by atoms with Crippen molar-refractivity contribution >= 4 is 17.3 Å². The lowest BCUT2D eigenvalue weighted by Crippen LogP contribution is -2.32. The SMILES string of the molecule is Nc1cc(C(=O)O)ccc1N(CCO)CC(F)F. The third-order valence-corrected chi connectivity index (χ3v) is 2.34. The van der Waals surface area contributed by atoms with Gasteiger partial charge in [-0.25, -0.2) is 13.6 Å². The Labute approximate surface area is 102 Å². The molecule has 0 unspecified atom stereocenters. The van der Waals surface area contributed by atoms with Gasteiger partial charge in [0.1, 0.15) is 0 Å². The number of nitrogen functional groups attached to an aromatic ring is 1. The lowest BCUT2D eigenvalue weighted by Gasteiger charge is -2.25. The number of carboxylic acid groups (broad SMARTS) is 1. The number of rotatable bonds is 6. The number of benzene rings is 1. The number of hydrogen-bond acceptors (Lipinski definition) is 4. The molecule has 0 saturated carbocycles. The summed E-state index contributed by atoms with van der Waals surface area (Å²) in [6.45, 7) is -0.870. The van der Waals surface area contributed by atoms with Crippen LogP contribution in [0.1, 0.15) is 10.4 Å². The quantitative estimate of drug-likeness (QED) is 0.665. The van der Waals surface area contributed by atoms with Crippen molar-refractivity contribution in [3.63, 3.8) is 0 Å². The number of halogens is 2. The number of aliphatic hydroxyl groups excluding tert-OH is 1. The number of anilines is 2. The zero-order valence-electron chi connectivity index (χ0n) is 9.51. The van der Waals surface area contributed by atoms with Crippen LogP contribution in [0.4, 0.5) is 20.2 Å². The molecule has 4 N–H and O–H groups in total. The largest absolute Gasteiger partial charge is 0.478 e. The van der Waals surface area contributed by atoms with E-state index in [9.17, 15) is 13.6 Å². The second-order valence-corrected chi connectivity index (χ2v) is 3.64. The van der Waals surface area contributed by atoms with E-state index in [1.54, 1.807) is 0 Å². The zero-order valence-corrected chi connectivity index (χ0v) is 9.51. The van der Waals surface area contributed by atoms with Gasteiger partial charge in [-0.3, -0.25) is 0 Å². The molecule has 1 aromatic carbocycles. The maximum absolute atomic E-state index is 12.4. The van der Waals surface area contributed by atoms with Crippen LogP contribution in [0, 0.1) is 0 Å². The van der Waals surface area contributed by atoms with E-state index in [0.717, 1.165) is 0 Å². The summed E-state index contributed by atoms with van der Waals surface area (Å²) < 4.78 is 24.7. The Morgan fingerprint density at radius 1 is 1.44 bits per heavy atom. The Kier molecular flexibility index (Phi) is 4.85. The molecule has 0 amide bonds. The summed E-state index contributed by atoms with van der Waals surface area (Å²) in [6, 6.07) is 3.84. The molecule has 7 heteroatoms. The topological polar surface area (TPSA) is 86.8 Å². The number of nitrogens with zero attached hydrogens (tertiary/aromatic N) is 1. The molecule has 0 aliphatic rings. The number of aromatic carboxylic acids is 1. The monoisotopic (exact) mass is 260 g/mol. The molecule has 0 aromatic heterocycles. The van der Waals surface area contributed by atoms with Crippen molar-refractivity contribution in [2.24, 2.45) is 0 Å². The lowest BCUT2D eigenvalue weighted by atomic mass is 10.1. The fourth-order valence-corrected chi connectivity index (χ4v) is 1.57. The molecule has 0 heterocycles. The highest BCUT2D eigenvalue weighted by Gasteiger charge is 2.16. The van der Waals surface area contributed by atoms with Crippen molar-refractivity contribution in [3.05, 3.63) is 23.8 Å². The smallest absolute Gasteiger partial charge is 0.335 e. The van der Waals surface area contributed by atoms with Crippen LogP contribution in [-0.4, -0.2) is 42.3 Å². The highest BCUT2D eigenvalue weighted by atomic mass is 19.3. The number of aliphatic hydroxyl groups is 1. The van der Waals surface area contributed by atoms with Crippen molar-refractivity contribution in [2.75, 3.05) is 30.3 Å². The van der Waals surface area contributed by atoms with Gasteiger partial charge >= 0.3 is 5.97 Å². The third kappa shape index (κ3) is 3.56. The molecule has 0 radical (unpaired) electrons. The van der Waals surface area contributed by atoms with Crippen LogP contribution in [0.3, 0.4) is 0 Å². The van der Waals surface area contributed by atoms with E-state index in [2.05, 4.69) is 0 Å². The molecule has 0 bridgehead atoms. The van der Waals surface area contributed by atoms with Gasteiger partial charge in [-0.2, -0.15) is 0 Å². The molecule has 0 aliphatic heterocycles. The van der Waals surface area contributed by atoms with Gasteiger partial charge in [-0.1, -0.05) is 0 Å². The fourth-order valence-electron chi connectivity index (χ4n) is 1.57. The van der Waals surface area contributed by atoms with Gasteiger partial charge < -0.3 is 20.8 Å². The second kappa shape index (κ2) is 6.15. The second-order valence-electron chi connectivity index (χ2n) is 3.64. The van der Waals surface area contributed by atoms with Gasteiger partial charge in [0.15, 0.2) is 0 Å². The highest BCUT2D eigenvalue weighted by molar-refractivity contribution is 5.90. The van der Waals surface area contributed by atoms with Crippen LogP contribution >= 0.6 is 0 Å². The van der Waals surface area contributed by atoms with Crippen LogP contribution in [0.25, 0.3) is 0 Å². The minimum Gasteiger partial charge on any atom is -0.478 e. The number of hydrogen-bond donors (Lipinski definition) is 3. The molecule has 0 aliphatic carbocycles. The predicted octanol–water partition coefficient (Wildman–Crippen LogP) is 1.03. The van der Waals surface area contributed by atoms with Crippen molar-refractivity contribution < 1.29 is 23.8 Å². The van der Waals surface area contributed by atoms with Crippen LogP contribution < -0.4 is 10.6 Å². The van der Waals surface area contributed by atoms with Crippen LogP contribution in [0.15, 0.2) is 18.2 Å². The summed E-state index contributed by atoms with van der Waals surface area (Å²) in [5, 5.41) is 17.6. The average Bonchev–Trinajstić information content (AvgIpc) is 2.27.